The molecule has 5 heteroatoms. The largest absolute Gasteiger partial charge is 0.320 e. The molecule has 0 aliphatic carbocycles. The molecule has 1 rings (SSSR count). The monoisotopic (exact) mass is 227 g/mol. The molecule has 0 saturated heterocycles. The first-order valence-electron chi connectivity index (χ1n) is 5.06. The molecule has 0 unspecified atom stereocenters. The number of thiazole rings is 1. The van der Waals surface area contributed by atoms with Gasteiger partial charge in [0.25, 0.3) is 0 Å². The lowest BCUT2D eigenvalue weighted by Gasteiger charge is -2.06. The van der Waals surface area contributed by atoms with Crippen LogP contribution < -0.4 is 11.1 Å². The zero-order valence-electron chi connectivity index (χ0n) is 9.28. The van der Waals surface area contributed by atoms with Crippen LogP contribution in [0.15, 0.2) is 6.20 Å². The third-order valence-corrected chi connectivity index (χ3v) is 3.31. The molecule has 0 bridgehead atoms. The third kappa shape index (κ3) is 3.28. The van der Waals surface area contributed by atoms with Crippen molar-refractivity contribution in [1.82, 2.24) is 4.98 Å². The predicted octanol–water partition coefficient (Wildman–Crippen LogP) is 1.94. The molecule has 1 atom stereocenters. The van der Waals surface area contributed by atoms with E-state index >= 15 is 0 Å². The second-order valence-electron chi connectivity index (χ2n) is 3.73. The highest BCUT2D eigenvalue weighted by Crippen LogP contribution is 2.25. The van der Waals surface area contributed by atoms with Crippen molar-refractivity contribution in [3.8, 4) is 0 Å². The molecule has 0 radical (unpaired) electrons. The Hall–Kier alpha value is -0.940. The molecule has 4 nitrogen and oxygen atoms in total. The molecule has 3 N–H and O–H groups in total. The standard InChI is InChI=1S/C10H17N3OS/c1-4-7(11)9(14)13-10-12-5-8(15-10)6(2)3/h5-7H,4,11H2,1-3H3,(H,12,13,14)/t7-/m0/s1. The van der Waals surface area contributed by atoms with E-state index in [-0.39, 0.29) is 5.91 Å². The summed E-state index contributed by atoms with van der Waals surface area (Å²) >= 11 is 1.50. The Bertz CT molecular complexity index is 335. The van der Waals surface area contributed by atoms with Crippen LogP contribution in [0.5, 0.6) is 0 Å². The van der Waals surface area contributed by atoms with Gasteiger partial charge in [0.1, 0.15) is 0 Å². The number of nitrogens with two attached hydrogens (primary N) is 1. The van der Waals surface area contributed by atoms with Gasteiger partial charge in [-0.25, -0.2) is 4.98 Å². The molecule has 1 heterocycles. The van der Waals surface area contributed by atoms with Gasteiger partial charge in [0, 0.05) is 11.1 Å². The van der Waals surface area contributed by atoms with Crippen LogP contribution in [0.4, 0.5) is 5.13 Å². The minimum Gasteiger partial charge on any atom is -0.320 e. The molecule has 1 amide bonds. The molecule has 0 aliphatic heterocycles. The van der Waals surface area contributed by atoms with Gasteiger partial charge in [-0.15, -0.1) is 11.3 Å². The van der Waals surface area contributed by atoms with Gasteiger partial charge in [-0.2, -0.15) is 0 Å². The van der Waals surface area contributed by atoms with Gasteiger partial charge in [0.15, 0.2) is 5.13 Å². The fourth-order valence-corrected chi connectivity index (χ4v) is 1.82. The SMILES string of the molecule is CC[C@H](N)C(=O)Nc1ncc(C(C)C)s1. The zero-order chi connectivity index (χ0) is 11.4. The molecule has 0 spiro atoms. The highest BCUT2D eigenvalue weighted by Gasteiger charge is 2.13. The quantitative estimate of drug-likeness (QED) is 0.826. The van der Waals surface area contributed by atoms with Gasteiger partial charge in [-0.05, 0) is 12.3 Å². The number of rotatable bonds is 4. The fourth-order valence-electron chi connectivity index (χ4n) is 0.995. The molecule has 15 heavy (non-hydrogen) atoms. The first-order valence-corrected chi connectivity index (χ1v) is 5.88. The minimum absolute atomic E-state index is 0.165. The van der Waals surface area contributed by atoms with Crippen molar-refractivity contribution >= 4 is 22.4 Å². The van der Waals surface area contributed by atoms with Crippen LogP contribution in [0.25, 0.3) is 0 Å². The average molecular weight is 227 g/mol. The van der Waals surface area contributed by atoms with E-state index in [9.17, 15) is 4.79 Å². The Labute approximate surface area is 93.9 Å². The Balaban J connectivity index is 2.61. The number of carbonyl (C=O) groups excluding carboxylic acids is 1. The van der Waals surface area contributed by atoms with Crippen molar-refractivity contribution in [3.05, 3.63) is 11.1 Å². The number of anilines is 1. The zero-order valence-corrected chi connectivity index (χ0v) is 10.1. The second-order valence-corrected chi connectivity index (χ2v) is 4.79. The number of hydrogen-bond acceptors (Lipinski definition) is 4. The van der Waals surface area contributed by atoms with Crippen LogP contribution in [-0.4, -0.2) is 16.9 Å². The summed E-state index contributed by atoms with van der Waals surface area (Å²) in [5.74, 6) is 0.273. The summed E-state index contributed by atoms with van der Waals surface area (Å²) in [6, 6.07) is -0.448. The Morgan fingerprint density at radius 3 is 2.80 bits per heavy atom. The van der Waals surface area contributed by atoms with E-state index in [0.717, 1.165) is 4.88 Å². The molecule has 84 valence electrons. The van der Waals surface area contributed by atoms with Crippen LogP contribution in [0, 0.1) is 0 Å². The molecule has 1 aromatic rings. The first kappa shape index (κ1) is 12.1. The maximum Gasteiger partial charge on any atom is 0.243 e. The Kier molecular flexibility index (Phi) is 4.23. The molecule has 0 saturated carbocycles. The highest BCUT2D eigenvalue weighted by atomic mass is 32.1. The molecule has 0 fully saturated rings. The van der Waals surface area contributed by atoms with Gasteiger partial charge < -0.3 is 11.1 Å². The van der Waals surface area contributed by atoms with Crippen molar-refractivity contribution in [2.24, 2.45) is 5.73 Å². The van der Waals surface area contributed by atoms with Crippen LogP contribution in [0.1, 0.15) is 38.0 Å². The van der Waals surface area contributed by atoms with Crippen molar-refractivity contribution in [2.45, 2.75) is 39.2 Å². The van der Waals surface area contributed by atoms with Gasteiger partial charge in [-0.3, -0.25) is 4.79 Å². The van der Waals surface area contributed by atoms with E-state index in [1.807, 2.05) is 6.92 Å². The Morgan fingerprint density at radius 2 is 2.33 bits per heavy atom. The van der Waals surface area contributed by atoms with Crippen molar-refractivity contribution in [2.75, 3.05) is 5.32 Å². The normalized spacial score (nSPS) is 12.9. The molecular formula is C10H17N3OS. The lowest BCUT2D eigenvalue weighted by Crippen LogP contribution is -2.34. The first-order chi connectivity index (χ1) is 7.04. The summed E-state index contributed by atoms with van der Waals surface area (Å²) in [6.45, 7) is 6.07. The van der Waals surface area contributed by atoms with E-state index in [4.69, 9.17) is 5.73 Å². The Morgan fingerprint density at radius 1 is 1.67 bits per heavy atom. The molecule has 0 aromatic carbocycles. The van der Waals surface area contributed by atoms with Crippen molar-refractivity contribution < 1.29 is 4.79 Å². The maximum atomic E-state index is 11.5. The van der Waals surface area contributed by atoms with Gasteiger partial charge in [-0.1, -0.05) is 20.8 Å². The summed E-state index contributed by atoms with van der Waals surface area (Å²) in [7, 11) is 0. The smallest absolute Gasteiger partial charge is 0.243 e. The average Bonchev–Trinajstić information content (AvgIpc) is 2.65. The van der Waals surface area contributed by atoms with Crippen molar-refractivity contribution in [3.63, 3.8) is 0 Å². The van der Waals surface area contributed by atoms with Crippen LogP contribution in [0.2, 0.25) is 0 Å². The summed E-state index contributed by atoms with van der Waals surface area (Å²) in [4.78, 5) is 16.7. The van der Waals surface area contributed by atoms with E-state index in [1.165, 1.54) is 11.3 Å². The lowest BCUT2D eigenvalue weighted by molar-refractivity contribution is -0.117. The molecular weight excluding hydrogens is 210 g/mol. The van der Waals surface area contributed by atoms with Crippen molar-refractivity contribution in [1.29, 1.82) is 0 Å². The number of aromatic nitrogens is 1. The topological polar surface area (TPSA) is 68.0 Å². The lowest BCUT2D eigenvalue weighted by atomic mass is 10.2. The summed E-state index contributed by atoms with van der Waals surface area (Å²) < 4.78 is 0. The summed E-state index contributed by atoms with van der Waals surface area (Å²) in [6.07, 6.45) is 2.43. The molecule has 0 aliphatic rings. The summed E-state index contributed by atoms with van der Waals surface area (Å²) in [5, 5.41) is 3.34. The highest BCUT2D eigenvalue weighted by molar-refractivity contribution is 7.15. The van der Waals surface area contributed by atoms with Crippen LogP contribution in [0.3, 0.4) is 0 Å². The van der Waals surface area contributed by atoms with Crippen LogP contribution >= 0.6 is 11.3 Å². The van der Waals surface area contributed by atoms with E-state index < -0.39 is 6.04 Å². The molecule has 1 aromatic heterocycles. The number of nitrogens with zero attached hydrogens (tertiary/aromatic N) is 1. The third-order valence-electron chi connectivity index (χ3n) is 2.10. The van der Waals surface area contributed by atoms with Crippen LogP contribution in [-0.2, 0) is 4.79 Å². The number of nitrogens with one attached hydrogen (secondary N) is 1. The predicted molar refractivity (Wildman–Crippen MR) is 63.1 cm³/mol. The fraction of sp³-hybridized carbons (Fsp3) is 0.600. The maximum absolute atomic E-state index is 11.5. The van der Waals surface area contributed by atoms with Gasteiger partial charge in [0.2, 0.25) is 5.91 Å². The van der Waals surface area contributed by atoms with E-state index in [1.54, 1.807) is 6.20 Å². The number of amides is 1. The second kappa shape index (κ2) is 5.23. The minimum atomic E-state index is -0.448. The van der Waals surface area contributed by atoms with E-state index in [0.29, 0.717) is 17.5 Å². The van der Waals surface area contributed by atoms with Gasteiger partial charge in [0.05, 0.1) is 6.04 Å². The number of carbonyl (C=O) groups is 1. The van der Waals surface area contributed by atoms with Gasteiger partial charge >= 0.3 is 0 Å². The summed E-state index contributed by atoms with van der Waals surface area (Å²) in [5.41, 5.74) is 5.60. The van der Waals surface area contributed by atoms with E-state index in [2.05, 4.69) is 24.1 Å². The number of hydrogen-bond donors (Lipinski definition) is 2.